The van der Waals surface area contributed by atoms with Crippen LogP contribution in [0, 0.1) is 0 Å². The molecule has 0 atom stereocenters. The lowest BCUT2D eigenvalue weighted by molar-refractivity contribution is 0.0894. The first-order valence-corrected chi connectivity index (χ1v) is 7.56. The summed E-state index contributed by atoms with van der Waals surface area (Å²) < 4.78 is 4.70. The molecule has 3 rings (SSSR count). The van der Waals surface area contributed by atoms with Crippen molar-refractivity contribution in [3.8, 4) is 11.1 Å². The maximum atomic E-state index is 11.7. The Morgan fingerprint density at radius 2 is 1.88 bits per heavy atom. The van der Waals surface area contributed by atoms with E-state index < -0.39 is 11.5 Å². The van der Waals surface area contributed by atoms with Crippen molar-refractivity contribution in [2.75, 3.05) is 0 Å². The Balaban J connectivity index is 1.57. The summed E-state index contributed by atoms with van der Waals surface area (Å²) in [7, 11) is 0. The number of hydrazine groups is 1. The maximum absolute atomic E-state index is 11.7. The highest BCUT2D eigenvalue weighted by Gasteiger charge is 2.10. The highest BCUT2D eigenvalue weighted by molar-refractivity contribution is 6.30. The zero-order chi connectivity index (χ0) is 16.9. The van der Waals surface area contributed by atoms with E-state index in [0.717, 1.165) is 22.8 Å². The molecule has 1 amide bonds. The summed E-state index contributed by atoms with van der Waals surface area (Å²) in [5.41, 5.74) is 7.85. The maximum Gasteiger partial charge on any atom is 0.304 e. The van der Waals surface area contributed by atoms with Crippen molar-refractivity contribution >= 4 is 17.5 Å². The number of halogens is 1. The van der Waals surface area contributed by atoms with Crippen LogP contribution in [0.4, 0.5) is 0 Å². The average molecular weight is 344 g/mol. The van der Waals surface area contributed by atoms with Gasteiger partial charge in [-0.25, -0.2) is 5.43 Å². The van der Waals surface area contributed by atoms with Crippen LogP contribution in [-0.2, 0) is 6.54 Å². The molecule has 24 heavy (non-hydrogen) atoms. The molecule has 0 spiro atoms. The quantitative estimate of drug-likeness (QED) is 0.622. The van der Waals surface area contributed by atoms with Crippen LogP contribution in [0.2, 0.25) is 5.02 Å². The Kier molecular flexibility index (Phi) is 4.79. The summed E-state index contributed by atoms with van der Waals surface area (Å²) in [6.07, 6.45) is 0. The third kappa shape index (κ3) is 3.92. The summed E-state index contributed by atoms with van der Waals surface area (Å²) in [6.45, 7) is 0.427. The summed E-state index contributed by atoms with van der Waals surface area (Å²) in [4.78, 5) is 22.6. The highest BCUT2D eigenvalue weighted by atomic mass is 35.5. The van der Waals surface area contributed by atoms with E-state index in [2.05, 4.69) is 16.0 Å². The van der Waals surface area contributed by atoms with E-state index in [1.807, 2.05) is 48.5 Å². The first-order chi connectivity index (χ1) is 11.6. The predicted molar refractivity (Wildman–Crippen MR) is 90.5 cm³/mol. The topological polar surface area (TPSA) is 87.1 Å². The molecule has 0 unspecified atom stereocenters. The Bertz CT molecular complexity index is 900. The molecule has 6 nitrogen and oxygen atoms in total. The monoisotopic (exact) mass is 343 g/mol. The zero-order valence-electron chi connectivity index (χ0n) is 12.5. The summed E-state index contributed by atoms with van der Waals surface area (Å²) in [6, 6.07) is 16.6. The summed E-state index contributed by atoms with van der Waals surface area (Å²) >= 11 is 6.00. The Morgan fingerprint density at radius 1 is 1.08 bits per heavy atom. The standard InChI is InChI=1S/C17H14ClN3O3/c18-14-3-1-2-13(8-14)12-6-4-11(5-7-12)10-19-20-17(23)15-9-16(22)21-24-15/h1-9,19H,10H2,(H,20,23)(H,21,22). The molecular formula is C17H14ClN3O3. The molecule has 0 saturated carbocycles. The second kappa shape index (κ2) is 7.16. The molecule has 2 aromatic carbocycles. The number of rotatable bonds is 5. The van der Waals surface area contributed by atoms with Gasteiger partial charge in [-0.1, -0.05) is 48.0 Å². The van der Waals surface area contributed by atoms with Crippen molar-refractivity contribution in [2.24, 2.45) is 0 Å². The minimum absolute atomic E-state index is 0.0798. The lowest BCUT2D eigenvalue weighted by atomic mass is 10.0. The van der Waals surface area contributed by atoms with Gasteiger partial charge in [0.05, 0.1) is 6.07 Å². The van der Waals surface area contributed by atoms with E-state index in [1.54, 1.807) is 0 Å². The van der Waals surface area contributed by atoms with Gasteiger partial charge in [0.15, 0.2) is 0 Å². The van der Waals surface area contributed by atoms with E-state index in [1.165, 1.54) is 0 Å². The molecule has 7 heteroatoms. The molecule has 0 aliphatic heterocycles. The number of hydrogen-bond acceptors (Lipinski definition) is 4. The molecule has 1 heterocycles. The van der Waals surface area contributed by atoms with Crippen LogP contribution in [-0.4, -0.2) is 11.1 Å². The Morgan fingerprint density at radius 3 is 2.54 bits per heavy atom. The number of aromatic amines is 1. The minimum Gasteiger partial charge on any atom is -0.373 e. The fraction of sp³-hybridized carbons (Fsp3) is 0.0588. The van der Waals surface area contributed by atoms with Crippen molar-refractivity contribution in [3.05, 3.63) is 81.3 Å². The number of amides is 1. The molecule has 0 fully saturated rings. The van der Waals surface area contributed by atoms with E-state index in [9.17, 15) is 9.59 Å². The normalized spacial score (nSPS) is 10.5. The number of nitrogens with one attached hydrogen (secondary N) is 3. The number of carbonyl (C=O) groups is 1. The third-order valence-electron chi connectivity index (χ3n) is 3.35. The van der Waals surface area contributed by atoms with Gasteiger partial charge in [0.1, 0.15) is 0 Å². The van der Waals surface area contributed by atoms with Gasteiger partial charge in [-0.05, 0) is 28.8 Å². The SMILES string of the molecule is O=C(NNCc1ccc(-c2cccc(Cl)c2)cc1)c1cc(=O)[nH]o1. The lowest BCUT2D eigenvalue weighted by Crippen LogP contribution is -2.36. The molecule has 0 saturated heterocycles. The van der Waals surface area contributed by atoms with Crippen LogP contribution in [0.5, 0.6) is 0 Å². The van der Waals surface area contributed by atoms with Crippen molar-refractivity contribution < 1.29 is 9.32 Å². The average Bonchev–Trinajstić information content (AvgIpc) is 3.02. The van der Waals surface area contributed by atoms with Gasteiger partial charge in [-0.2, -0.15) is 5.16 Å². The van der Waals surface area contributed by atoms with Crippen LogP contribution in [0.15, 0.2) is 63.9 Å². The van der Waals surface area contributed by atoms with Crippen molar-refractivity contribution in [1.29, 1.82) is 0 Å². The fourth-order valence-electron chi connectivity index (χ4n) is 2.17. The van der Waals surface area contributed by atoms with Crippen LogP contribution in [0.25, 0.3) is 11.1 Å². The van der Waals surface area contributed by atoms with Crippen LogP contribution in [0.1, 0.15) is 16.1 Å². The second-order valence-electron chi connectivity index (χ2n) is 5.09. The molecule has 3 N–H and O–H groups in total. The first kappa shape index (κ1) is 16.0. The molecule has 0 aliphatic carbocycles. The molecular weight excluding hydrogens is 330 g/mol. The van der Waals surface area contributed by atoms with Gasteiger partial charge >= 0.3 is 5.91 Å². The van der Waals surface area contributed by atoms with Crippen LogP contribution >= 0.6 is 11.6 Å². The zero-order valence-corrected chi connectivity index (χ0v) is 13.3. The largest absolute Gasteiger partial charge is 0.373 e. The van der Waals surface area contributed by atoms with Gasteiger partial charge in [0, 0.05) is 11.6 Å². The predicted octanol–water partition coefficient (Wildman–Crippen LogP) is 2.72. The van der Waals surface area contributed by atoms with Gasteiger partial charge in [-0.15, -0.1) is 0 Å². The van der Waals surface area contributed by atoms with Gasteiger partial charge in [0.2, 0.25) is 5.76 Å². The second-order valence-corrected chi connectivity index (χ2v) is 5.53. The Hall–Kier alpha value is -2.83. The van der Waals surface area contributed by atoms with Crippen LogP contribution in [0.3, 0.4) is 0 Å². The summed E-state index contributed by atoms with van der Waals surface area (Å²) in [5, 5.41) is 2.75. The van der Waals surface area contributed by atoms with E-state index in [4.69, 9.17) is 16.1 Å². The lowest BCUT2D eigenvalue weighted by Gasteiger charge is -2.07. The van der Waals surface area contributed by atoms with Crippen molar-refractivity contribution in [3.63, 3.8) is 0 Å². The number of aromatic nitrogens is 1. The minimum atomic E-state index is -0.524. The number of H-pyrrole nitrogens is 1. The molecule has 1 aromatic heterocycles. The highest BCUT2D eigenvalue weighted by Crippen LogP contribution is 2.22. The number of hydrogen-bond donors (Lipinski definition) is 3. The molecule has 0 bridgehead atoms. The third-order valence-corrected chi connectivity index (χ3v) is 3.59. The molecule has 122 valence electrons. The number of carbonyl (C=O) groups excluding carboxylic acids is 1. The molecule has 3 aromatic rings. The van der Waals surface area contributed by atoms with Crippen LogP contribution < -0.4 is 16.4 Å². The van der Waals surface area contributed by atoms with E-state index in [0.29, 0.717) is 11.6 Å². The molecule has 0 aliphatic rings. The smallest absolute Gasteiger partial charge is 0.304 e. The Labute approximate surface area is 142 Å². The fourth-order valence-corrected chi connectivity index (χ4v) is 2.36. The molecule has 0 radical (unpaired) electrons. The van der Waals surface area contributed by atoms with Gasteiger partial charge < -0.3 is 4.52 Å². The van der Waals surface area contributed by atoms with Gasteiger partial charge in [0.25, 0.3) is 5.56 Å². The van der Waals surface area contributed by atoms with Crippen molar-refractivity contribution in [2.45, 2.75) is 6.54 Å². The number of benzene rings is 2. The first-order valence-electron chi connectivity index (χ1n) is 7.18. The van der Waals surface area contributed by atoms with Crippen molar-refractivity contribution in [1.82, 2.24) is 16.0 Å². The summed E-state index contributed by atoms with van der Waals surface area (Å²) in [5.74, 6) is -0.604. The van der Waals surface area contributed by atoms with E-state index in [-0.39, 0.29) is 5.76 Å². The van der Waals surface area contributed by atoms with Gasteiger partial charge in [-0.3, -0.25) is 15.0 Å². The van der Waals surface area contributed by atoms with E-state index >= 15 is 0 Å².